The van der Waals surface area contributed by atoms with Crippen LogP contribution in [0.5, 0.6) is 11.5 Å². The van der Waals surface area contributed by atoms with E-state index in [0.29, 0.717) is 22.6 Å². The van der Waals surface area contributed by atoms with Crippen molar-refractivity contribution >= 4 is 16.0 Å². The molecule has 0 amide bonds. The quantitative estimate of drug-likeness (QED) is 0.742. The Kier molecular flexibility index (Phi) is 6.23. The summed E-state index contributed by atoms with van der Waals surface area (Å²) in [6, 6.07) is 9.44. The molecule has 0 aromatic heterocycles. The highest BCUT2D eigenvalue weighted by Crippen LogP contribution is 2.27. The molecule has 0 heterocycles. The van der Waals surface area contributed by atoms with Crippen LogP contribution in [0.3, 0.4) is 0 Å². The van der Waals surface area contributed by atoms with Gasteiger partial charge in [-0.05, 0) is 42.3 Å². The van der Waals surface area contributed by atoms with E-state index in [2.05, 4.69) is 9.46 Å². The van der Waals surface area contributed by atoms with Crippen LogP contribution in [0.4, 0.5) is 0 Å². The average molecular weight is 379 g/mol. The van der Waals surface area contributed by atoms with Gasteiger partial charge in [0.25, 0.3) is 0 Å². The largest absolute Gasteiger partial charge is 0.493 e. The predicted octanol–water partition coefficient (Wildman–Crippen LogP) is 2.28. The SMILES string of the molecule is COC(=O)c1cc(S(=O)(=O)NCc2ccc(OC)c(OC)c2)ccc1C. The highest BCUT2D eigenvalue weighted by molar-refractivity contribution is 7.89. The predicted molar refractivity (Wildman–Crippen MR) is 96.1 cm³/mol. The van der Waals surface area contributed by atoms with Crippen LogP contribution in [0, 0.1) is 6.92 Å². The summed E-state index contributed by atoms with van der Waals surface area (Å²) in [5.74, 6) is 0.479. The summed E-state index contributed by atoms with van der Waals surface area (Å²) < 4.78 is 42.6. The minimum atomic E-state index is -3.80. The molecule has 7 nitrogen and oxygen atoms in total. The second-order valence-corrected chi connectivity index (χ2v) is 7.25. The molecule has 0 aliphatic rings. The number of carbonyl (C=O) groups excluding carboxylic acids is 1. The lowest BCUT2D eigenvalue weighted by atomic mass is 10.1. The number of aryl methyl sites for hydroxylation is 1. The second-order valence-electron chi connectivity index (χ2n) is 5.48. The molecule has 0 aliphatic carbocycles. The Morgan fingerprint density at radius 2 is 1.69 bits per heavy atom. The number of benzene rings is 2. The zero-order chi connectivity index (χ0) is 19.3. The number of methoxy groups -OCH3 is 3. The molecule has 26 heavy (non-hydrogen) atoms. The molecule has 0 aliphatic heterocycles. The van der Waals surface area contributed by atoms with Crippen molar-refractivity contribution in [1.29, 1.82) is 0 Å². The minimum absolute atomic E-state index is 0.0102. The van der Waals surface area contributed by atoms with Crippen LogP contribution in [-0.2, 0) is 21.3 Å². The molecular formula is C18H21NO6S. The van der Waals surface area contributed by atoms with Crippen molar-refractivity contribution in [3.63, 3.8) is 0 Å². The minimum Gasteiger partial charge on any atom is -0.493 e. The van der Waals surface area contributed by atoms with Gasteiger partial charge in [-0.25, -0.2) is 17.9 Å². The zero-order valence-electron chi connectivity index (χ0n) is 15.0. The average Bonchev–Trinajstić information content (AvgIpc) is 2.65. The molecule has 0 spiro atoms. The third kappa shape index (κ3) is 4.33. The number of sulfonamides is 1. The van der Waals surface area contributed by atoms with E-state index in [0.717, 1.165) is 0 Å². The molecule has 2 aromatic carbocycles. The number of esters is 1. The number of hydrogen-bond donors (Lipinski definition) is 1. The first kappa shape index (κ1) is 19.7. The Hall–Kier alpha value is -2.58. The standard InChI is InChI=1S/C18H21NO6S/c1-12-5-7-14(10-15(12)18(20)25-4)26(21,22)19-11-13-6-8-16(23-2)17(9-13)24-3/h5-10,19H,11H2,1-4H3. The number of hydrogen-bond acceptors (Lipinski definition) is 6. The number of rotatable bonds is 7. The third-order valence-electron chi connectivity index (χ3n) is 3.84. The molecule has 0 atom stereocenters. The van der Waals surface area contributed by atoms with Crippen LogP contribution >= 0.6 is 0 Å². The summed E-state index contributed by atoms with van der Waals surface area (Å²) in [6.07, 6.45) is 0. The second kappa shape index (κ2) is 8.20. The Bertz CT molecular complexity index is 908. The molecule has 0 saturated heterocycles. The lowest BCUT2D eigenvalue weighted by Crippen LogP contribution is -2.23. The smallest absolute Gasteiger partial charge is 0.338 e. The maximum absolute atomic E-state index is 12.5. The van der Waals surface area contributed by atoms with Gasteiger partial charge in [-0.15, -0.1) is 0 Å². The van der Waals surface area contributed by atoms with Crippen LogP contribution in [0.2, 0.25) is 0 Å². The number of carbonyl (C=O) groups is 1. The maximum Gasteiger partial charge on any atom is 0.338 e. The summed E-state index contributed by atoms with van der Waals surface area (Å²) in [7, 11) is 0.474. The molecule has 0 radical (unpaired) electrons. The first-order valence-corrected chi connectivity index (χ1v) is 9.20. The Morgan fingerprint density at radius 3 is 2.31 bits per heavy atom. The number of nitrogens with one attached hydrogen (secondary N) is 1. The van der Waals surface area contributed by atoms with Gasteiger partial charge in [0.1, 0.15) is 0 Å². The van der Waals surface area contributed by atoms with Crippen molar-refractivity contribution in [3.05, 3.63) is 53.1 Å². The van der Waals surface area contributed by atoms with Crippen LogP contribution in [0.25, 0.3) is 0 Å². The molecular weight excluding hydrogens is 358 g/mol. The lowest BCUT2D eigenvalue weighted by Gasteiger charge is -2.12. The van der Waals surface area contributed by atoms with Crippen molar-refractivity contribution < 1.29 is 27.4 Å². The van der Waals surface area contributed by atoms with Gasteiger partial charge >= 0.3 is 5.97 Å². The first-order chi connectivity index (χ1) is 12.3. The normalized spacial score (nSPS) is 11.1. The Morgan fingerprint density at radius 1 is 1.00 bits per heavy atom. The van der Waals surface area contributed by atoms with E-state index in [1.165, 1.54) is 33.5 Å². The van der Waals surface area contributed by atoms with Crippen LogP contribution in [-0.4, -0.2) is 35.7 Å². The van der Waals surface area contributed by atoms with E-state index in [1.807, 2.05) is 0 Å². The van der Waals surface area contributed by atoms with Crippen molar-refractivity contribution in [3.8, 4) is 11.5 Å². The third-order valence-corrected chi connectivity index (χ3v) is 5.24. The van der Waals surface area contributed by atoms with Crippen LogP contribution in [0.15, 0.2) is 41.3 Å². The zero-order valence-corrected chi connectivity index (χ0v) is 15.8. The van der Waals surface area contributed by atoms with E-state index in [9.17, 15) is 13.2 Å². The van der Waals surface area contributed by atoms with Crippen molar-refractivity contribution in [2.75, 3.05) is 21.3 Å². The van der Waals surface area contributed by atoms with E-state index in [4.69, 9.17) is 9.47 Å². The van der Waals surface area contributed by atoms with E-state index >= 15 is 0 Å². The fraction of sp³-hybridized carbons (Fsp3) is 0.278. The Balaban J connectivity index is 2.23. The summed E-state index contributed by atoms with van der Waals surface area (Å²) in [5, 5.41) is 0. The lowest BCUT2D eigenvalue weighted by molar-refractivity contribution is 0.0599. The van der Waals surface area contributed by atoms with Gasteiger partial charge in [-0.1, -0.05) is 12.1 Å². The molecule has 2 rings (SSSR count). The molecule has 0 fully saturated rings. The molecule has 1 N–H and O–H groups in total. The van der Waals surface area contributed by atoms with Crippen molar-refractivity contribution in [1.82, 2.24) is 4.72 Å². The summed E-state index contributed by atoms with van der Waals surface area (Å²) in [6.45, 7) is 1.77. The van der Waals surface area contributed by atoms with Gasteiger partial charge in [-0.3, -0.25) is 0 Å². The topological polar surface area (TPSA) is 90.9 Å². The highest BCUT2D eigenvalue weighted by Gasteiger charge is 2.18. The monoisotopic (exact) mass is 379 g/mol. The highest BCUT2D eigenvalue weighted by atomic mass is 32.2. The van der Waals surface area contributed by atoms with Gasteiger partial charge < -0.3 is 14.2 Å². The van der Waals surface area contributed by atoms with Gasteiger partial charge in [0.2, 0.25) is 10.0 Å². The van der Waals surface area contributed by atoms with Gasteiger partial charge in [0.05, 0.1) is 31.8 Å². The molecule has 0 saturated carbocycles. The molecule has 0 bridgehead atoms. The van der Waals surface area contributed by atoms with E-state index in [1.54, 1.807) is 31.2 Å². The fourth-order valence-corrected chi connectivity index (χ4v) is 3.39. The summed E-state index contributed by atoms with van der Waals surface area (Å²) >= 11 is 0. The Labute approximate surface area is 152 Å². The summed E-state index contributed by atoms with van der Waals surface area (Å²) in [5.41, 5.74) is 1.55. The molecule has 140 valence electrons. The first-order valence-electron chi connectivity index (χ1n) is 7.72. The van der Waals surface area contributed by atoms with Crippen molar-refractivity contribution in [2.45, 2.75) is 18.4 Å². The van der Waals surface area contributed by atoms with Crippen LogP contribution in [0.1, 0.15) is 21.5 Å². The summed E-state index contributed by atoms with van der Waals surface area (Å²) in [4.78, 5) is 11.8. The fourth-order valence-electron chi connectivity index (χ4n) is 2.35. The van der Waals surface area contributed by atoms with Crippen LogP contribution < -0.4 is 14.2 Å². The molecule has 8 heteroatoms. The van der Waals surface area contributed by atoms with Gasteiger partial charge in [-0.2, -0.15) is 0 Å². The van der Waals surface area contributed by atoms with E-state index in [-0.39, 0.29) is 17.0 Å². The number of ether oxygens (including phenoxy) is 3. The maximum atomic E-state index is 12.5. The van der Waals surface area contributed by atoms with Gasteiger partial charge in [0, 0.05) is 6.54 Å². The molecule has 2 aromatic rings. The molecule has 0 unspecified atom stereocenters. The van der Waals surface area contributed by atoms with Crippen molar-refractivity contribution in [2.24, 2.45) is 0 Å². The van der Waals surface area contributed by atoms with Gasteiger partial charge in [0.15, 0.2) is 11.5 Å². The van der Waals surface area contributed by atoms with E-state index < -0.39 is 16.0 Å².